The molecule has 5 rings (SSSR count). The molecule has 7 heteroatoms. The number of amides is 2. The van der Waals surface area contributed by atoms with Crippen molar-refractivity contribution >= 4 is 44.7 Å². The number of hydrogen-bond acceptors (Lipinski definition) is 5. The number of piperazine rings is 1. The lowest BCUT2D eigenvalue weighted by molar-refractivity contribution is -0.138. The molecule has 2 fully saturated rings. The van der Waals surface area contributed by atoms with Gasteiger partial charge < -0.3 is 9.80 Å². The Hall–Kier alpha value is -2.25. The highest BCUT2D eigenvalue weighted by molar-refractivity contribution is 7.18. The average Bonchev–Trinajstić information content (AvgIpc) is 3.48. The van der Waals surface area contributed by atoms with Crippen molar-refractivity contribution in [2.24, 2.45) is 5.92 Å². The van der Waals surface area contributed by atoms with Gasteiger partial charge in [-0.2, -0.15) is 0 Å². The smallest absolute Gasteiger partial charge is 0.264 e. The summed E-state index contributed by atoms with van der Waals surface area (Å²) in [6, 6.07) is 12.0. The van der Waals surface area contributed by atoms with Crippen LogP contribution in [0.25, 0.3) is 10.2 Å². The van der Waals surface area contributed by atoms with Gasteiger partial charge in [0.05, 0.1) is 20.1 Å². The topological polar surface area (TPSA) is 53.5 Å². The van der Waals surface area contributed by atoms with Gasteiger partial charge >= 0.3 is 0 Å². The van der Waals surface area contributed by atoms with Crippen LogP contribution in [-0.4, -0.2) is 52.8 Å². The summed E-state index contributed by atoms with van der Waals surface area (Å²) in [5.74, 6) is 0.567. The number of thiazole rings is 1. The zero-order valence-electron chi connectivity index (χ0n) is 16.8. The maximum absolute atomic E-state index is 13.5. The fourth-order valence-corrected chi connectivity index (χ4v) is 6.55. The number of carbonyl (C=O) groups is 2. The average molecular weight is 440 g/mol. The number of thiophene rings is 1. The molecule has 5 nitrogen and oxygen atoms in total. The van der Waals surface area contributed by atoms with Crippen LogP contribution in [0, 0.1) is 5.92 Å². The molecule has 2 aliphatic rings. The summed E-state index contributed by atoms with van der Waals surface area (Å²) in [7, 11) is 0. The number of hydrogen-bond donors (Lipinski definition) is 0. The third kappa shape index (κ3) is 3.76. The maximum Gasteiger partial charge on any atom is 0.264 e. The molecule has 0 bridgehead atoms. The van der Waals surface area contributed by atoms with Gasteiger partial charge in [-0.1, -0.05) is 31.0 Å². The number of carbonyl (C=O) groups excluding carboxylic acids is 2. The second kappa shape index (κ2) is 8.47. The molecule has 2 amide bonds. The van der Waals surface area contributed by atoms with Crippen LogP contribution in [-0.2, 0) is 4.79 Å². The third-order valence-corrected chi connectivity index (χ3v) is 8.35. The van der Waals surface area contributed by atoms with Gasteiger partial charge in [0.2, 0.25) is 5.91 Å². The molecule has 0 N–H and O–H groups in total. The SMILES string of the molecule is O=C(c1cccs1)N1CCN(C(=O)[C@@H]2CCCC[C@H]2c2nc3ccccc3s2)CC1. The van der Waals surface area contributed by atoms with Gasteiger partial charge in [0.1, 0.15) is 0 Å². The molecule has 3 heterocycles. The minimum Gasteiger partial charge on any atom is -0.339 e. The predicted molar refractivity (Wildman–Crippen MR) is 121 cm³/mol. The Kier molecular flexibility index (Phi) is 5.56. The van der Waals surface area contributed by atoms with Crippen LogP contribution >= 0.6 is 22.7 Å². The number of fused-ring (bicyclic) bond motifs is 1. The first kappa shape index (κ1) is 19.7. The van der Waals surface area contributed by atoms with Crippen LogP contribution in [0.4, 0.5) is 0 Å². The molecule has 1 aromatic carbocycles. The summed E-state index contributed by atoms with van der Waals surface area (Å²) < 4.78 is 1.20. The van der Waals surface area contributed by atoms with Crippen molar-refractivity contribution < 1.29 is 9.59 Å². The normalized spacial score (nSPS) is 22.4. The van der Waals surface area contributed by atoms with E-state index in [0.29, 0.717) is 26.2 Å². The Bertz CT molecular complexity index is 1000. The predicted octanol–water partition coefficient (Wildman–Crippen LogP) is 4.62. The number of nitrogens with zero attached hydrogens (tertiary/aromatic N) is 3. The zero-order chi connectivity index (χ0) is 20.5. The first-order valence-electron chi connectivity index (χ1n) is 10.7. The van der Waals surface area contributed by atoms with E-state index in [2.05, 4.69) is 12.1 Å². The van der Waals surface area contributed by atoms with E-state index in [0.717, 1.165) is 41.1 Å². The Balaban J connectivity index is 1.28. The fourth-order valence-electron chi connectivity index (χ4n) is 4.69. The van der Waals surface area contributed by atoms with Gasteiger partial charge in [0, 0.05) is 38.0 Å². The summed E-state index contributed by atoms with van der Waals surface area (Å²) in [4.78, 5) is 35.6. The molecule has 1 saturated carbocycles. The first-order valence-corrected chi connectivity index (χ1v) is 12.4. The van der Waals surface area contributed by atoms with Crippen molar-refractivity contribution in [1.29, 1.82) is 0 Å². The van der Waals surface area contributed by atoms with Crippen molar-refractivity contribution in [3.05, 3.63) is 51.7 Å². The van der Waals surface area contributed by atoms with Crippen LogP contribution in [0.3, 0.4) is 0 Å². The van der Waals surface area contributed by atoms with E-state index in [-0.39, 0.29) is 23.7 Å². The number of rotatable bonds is 3. The quantitative estimate of drug-likeness (QED) is 0.599. The van der Waals surface area contributed by atoms with E-state index in [1.807, 2.05) is 39.4 Å². The molecule has 0 radical (unpaired) electrons. The number of benzene rings is 1. The fraction of sp³-hybridized carbons (Fsp3) is 0.435. The third-order valence-electron chi connectivity index (χ3n) is 6.32. The minimum absolute atomic E-state index is 0.0128. The lowest BCUT2D eigenvalue weighted by Crippen LogP contribution is -2.52. The molecule has 0 spiro atoms. The molecule has 156 valence electrons. The number of aromatic nitrogens is 1. The van der Waals surface area contributed by atoms with Crippen LogP contribution in [0.2, 0.25) is 0 Å². The van der Waals surface area contributed by atoms with Gasteiger partial charge in [-0.3, -0.25) is 9.59 Å². The highest BCUT2D eigenvalue weighted by Gasteiger charge is 2.37. The van der Waals surface area contributed by atoms with E-state index in [1.165, 1.54) is 16.0 Å². The first-order chi connectivity index (χ1) is 14.7. The lowest BCUT2D eigenvalue weighted by atomic mass is 9.78. The van der Waals surface area contributed by atoms with Crippen molar-refractivity contribution in [2.75, 3.05) is 26.2 Å². The van der Waals surface area contributed by atoms with E-state index in [1.54, 1.807) is 11.3 Å². The molecule has 2 atom stereocenters. The lowest BCUT2D eigenvalue weighted by Gasteiger charge is -2.38. The highest BCUT2D eigenvalue weighted by Crippen LogP contribution is 2.41. The molecule has 0 unspecified atom stereocenters. The van der Waals surface area contributed by atoms with Crippen molar-refractivity contribution in [1.82, 2.24) is 14.8 Å². The zero-order valence-corrected chi connectivity index (χ0v) is 18.5. The Morgan fingerprint density at radius 1 is 0.933 bits per heavy atom. The monoisotopic (exact) mass is 439 g/mol. The molecule has 3 aromatic rings. The Morgan fingerprint density at radius 2 is 1.70 bits per heavy atom. The molecule has 30 heavy (non-hydrogen) atoms. The molecular weight excluding hydrogens is 414 g/mol. The summed E-state index contributed by atoms with van der Waals surface area (Å²) in [5.41, 5.74) is 1.04. The minimum atomic E-state index is 0.0128. The van der Waals surface area contributed by atoms with Crippen molar-refractivity contribution in [3.8, 4) is 0 Å². The van der Waals surface area contributed by atoms with Crippen LogP contribution < -0.4 is 0 Å². The van der Waals surface area contributed by atoms with E-state index >= 15 is 0 Å². The number of para-hydroxylation sites is 1. The molecule has 1 saturated heterocycles. The van der Waals surface area contributed by atoms with E-state index in [4.69, 9.17) is 4.98 Å². The molecule has 1 aliphatic carbocycles. The summed E-state index contributed by atoms with van der Waals surface area (Å²) in [6.45, 7) is 2.47. The van der Waals surface area contributed by atoms with E-state index in [9.17, 15) is 9.59 Å². The molecular formula is C23H25N3O2S2. The van der Waals surface area contributed by atoms with Crippen LogP contribution in [0.5, 0.6) is 0 Å². The van der Waals surface area contributed by atoms with Gasteiger partial charge in [0.15, 0.2) is 0 Å². The largest absolute Gasteiger partial charge is 0.339 e. The Labute approximate surface area is 184 Å². The van der Waals surface area contributed by atoms with Crippen LogP contribution in [0.15, 0.2) is 41.8 Å². The van der Waals surface area contributed by atoms with Crippen molar-refractivity contribution in [2.45, 2.75) is 31.6 Å². The summed E-state index contributed by atoms with van der Waals surface area (Å²) >= 11 is 3.22. The molecule has 2 aromatic heterocycles. The second-order valence-electron chi connectivity index (χ2n) is 8.11. The van der Waals surface area contributed by atoms with Crippen LogP contribution in [0.1, 0.15) is 46.3 Å². The van der Waals surface area contributed by atoms with Gasteiger partial charge in [-0.25, -0.2) is 4.98 Å². The standard InChI is InChI=1S/C23H25N3O2S2/c27-22(25-11-13-26(14-12-25)23(28)20-10-5-15-29-20)17-7-2-1-6-16(17)21-24-18-8-3-4-9-19(18)30-21/h3-5,8-10,15-17H,1-2,6-7,11-14H2/t16-,17-/m1/s1. The summed E-state index contributed by atoms with van der Waals surface area (Å²) in [6.07, 6.45) is 4.24. The highest BCUT2D eigenvalue weighted by atomic mass is 32.1. The van der Waals surface area contributed by atoms with Gasteiger partial charge in [0.25, 0.3) is 5.91 Å². The second-order valence-corrected chi connectivity index (χ2v) is 10.1. The maximum atomic E-state index is 13.5. The van der Waals surface area contributed by atoms with E-state index < -0.39 is 0 Å². The molecule has 1 aliphatic heterocycles. The Morgan fingerprint density at radius 3 is 2.47 bits per heavy atom. The van der Waals surface area contributed by atoms with Gasteiger partial charge in [-0.05, 0) is 36.4 Å². The summed E-state index contributed by atoms with van der Waals surface area (Å²) in [5, 5.41) is 3.04. The van der Waals surface area contributed by atoms with Crippen molar-refractivity contribution in [3.63, 3.8) is 0 Å². The van der Waals surface area contributed by atoms with Gasteiger partial charge in [-0.15, -0.1) is 22.7 Å².